The average Bonchev–Trinajstić information content (AvgIpc) is 3.14. The summed E-state index contributed by atoms with van der Waals surface area (Å²) in [7, 11) is -4.39. The third kappa shape index (κ3) is 7.26. The molecule has 15 heteroatoms. The van der Waals surface area contributed by atoms with Crippen LogP contribution in [0.5, 0.6) is 5.75 Å². The van der Waals surface area contributed by atoms with E-state index >= 15 is 0 Å². The van der Waals surface area contributed by atoms with E-state index in [1.54, 1.807) is 32.0 Å². The number of aliphatic hydroxyl groups is 1. The molecule has 1 aromatic heterocycles. The van der Waals surface area contributed by atoms with Gasteiger partial charge in [0.05, 0.1) is 12.7 Å². The average molecular weight is 579 g/mol. The molecule has 1 saturated heterocycles. The summed E-state index contributed by atoms with van der Waals surface area (Å²) in [5.74, 6) is 0.632. The number of nitrogens with zero attached hydrogens (tertiary/aromatic N) is 1. The minimum atomic E-state index is -4.39. The molecule has 216 valence electrons. The summed E-state index contributed by atoms with van der Waals surface area (Å²) >= 11 is 0. The molecule has 1 aromatic carbocycles. The van der Waals surface area contributed by atoms with Crippen molar-refractivity contribution in [2.45, 2.75) is 63.9 Å². The van der Waals surface area contributed by atoms with Crippen molar-refractivity contribution in [2.24, 2.45) is 0 Å². The second-order valence-corrected chi connectivity index (χ2v) is 10.8. The number of carbonyl (C=O) groups is 2. The summed E-state index contributed by atoms with van der Waals surface area (Å²) in [6.45, 7) is 5.06. The predicted octanol–water partition coefficient (Wildman–Crippen LogP) is 0.863. The normalized spacial score (nSPS) is 24.5. The highest BCUT2D eigenvalue weighted by Gasteiger charge is 2.59. The van der Waals surface area contributed by atoms with Gasteiger partial charge in [0.15, 0.2) is 12.3 Å². The molecule has 1 aliphatic rings. The van der Waals surface area contributed by atoms with Crippen LogP contribution in [0, 0.1) is 12.3 Å². The number of rotatable bonds is 11. The van der Waals surface area contributed by atoms with Crippen LogP contribution < -0.4 is 20.9 Å². The predicted molar refractivity (Wildman–Crippen MR) is 139 cm³/mol. The first-order valence-corrected chi connectivity index (χ1v) is 13.6. The molecule has 2 unspecified atom stereocenters. The Hall–Kier alpha value is -3.73. The summed E-state index contributed by atoms with van der Waals surface area (Å²) in [6.07, 6.45) is 1.50. The Morgan fingerprint density at radius 2 is 1.93 bits per heavy atom. The van der Waals surface area contributed by atoms with Crippen LogP contribution in [0.3, 0.4) is 0 Å². The van der Waals surface area contributed by atoms with E-state index in [1.807, 2.05) is 4.98 Å². The van der Waals surface area contributed by atoms with E-state index in [1.165, 1.54) is 19.1 Å². The van der Waals surface area contributed by atoms with Crippen molar-refractivity contribution >= 4 is 19.7 Å². The molecule has 40 heavy (non-hydrogen) atoms. The Morgan fingerprint density at radius 3 is 2.50 bits per heavy atom. The highest BCUT2D eigenvalue weighted by Crippen LogP contribution is 2.47. The van der Waals surface area contributed by atoms with Gasteiger partial charge in [0.2, 0.25) is 5.60 Å². The van der Waals surface area contributed by atoms with Crippen molar-refractivity contribution in [1.82, 2.24) is 14.6 Å². The maximum absolute atomic E-state index is 13.8. The number of aromatic amines is 1. The molecule has 1 fully saturated rings. The zero-order chi connectivity index (χ0) is 29.7. The second-order valence-electron chi connectivity index (χ2n) is 9.08. The van der Waals surface area contributed by atoms with Crippen LogP contribution in [0.1, 0.15) is 33.9 Å². The van der Waals surface area contributed by atoms with Gasteiger partial charge in [-0.3, -0.25) is 28.5 Å². The van der Waals surface area contributed by atoms with Gasteiger partial charge >= 0.3 is 25.4 Å². The number of aromatic nitrogens is 2. The van der Waals surface area contributed by atoms with Crippen molar-refractivity contribution in [1.29, 1.82) is 0 Å². The number of carbonyl (C=O) groups excluding carboxylic acids is 2. The zero-order valence-electron chi connectivity index (χ0n) is 22.1. The fourth-order valence-electron chi connectivity index (χ4n) is 3.78. The molecule has 14 nitrogen and oxygen atoms in total. The number of hydrogen-bond donors (Lipinski definition) is 3. The Labute approximate surface area is 229 Å². The maximum atomic E-state index is 13.8. The summed E-state index contributed by atoms with van der Waals surface area (Å²) in [5.41, 5.74) is -4.10. The van der Waals surface area contributed by atoms with E-state index in [9.17, 15) is 28.8 Å². The van der Waals surface area contributed by atoms with Gasteiger partial charge in [0.1, 0.15) is 17.9 Å². The number of hydrogen-bond acceptors (Lipinski definition) is 11. The van der Waals surface area contributed by atoms with Crippen molar-refractivity contribution in [3.63, 3.8) is 0 Å². The number of esters is 2. The van der Waals surface area contributed by atoms with E-state index < -0.39 is 73.7 Å². The number of nitrogens with one attached hydrogen (secondary N) is 2. The van der Waals surface area contributed by atoms with Crippen molar-refractivity contribution in [3.05, 3.63) is 63.4 Å². The fraction of sp³-hybridized carbons (Fsp3) is 0.440. The van der Waals surface area contributed by atoms with Crippen LogP contribution in [0.15, 0.2) is 52.2 Å². The molecular weight excluding hydrogens is 549 g/mol. The minimum absolute atomic E-state index is 0.129. The second kappa shape index (κ2) is 12.6. The van der Waals surface area contributed by atoms with E-state index in [4.69, 9.17) is 29.7 Å². The Bertz CT molecular complexity index is 1420. The van der Waals surface area contributed by atoms with Crippen LogP contribution in [-0.2, 0) is 32.9 Å². The Kier molecular flexibility index (Phi) is 9.73. The van der Waals surface area contributed by atoms with E-state index in [0.29, 0.717) is 0 Å². The number of ether oxygens (including phenoxy) is 3. The molecule has 0 amide bonds. The highest BCUT2D eigenvalue weighted by atomic mass is 31.2. The van der Waals surface area contributed by atoms with E-state index in [-0.39, 0.29) is 5.75 Å². The summed E-state index contributed by atoms with van der Waals surface area (Å²) < 4.78 is 42.0. The lowest BCUT2D eigenvalue weighted by Gasteiger charge is -2.29. The van der Waals surface area contributed by atoms with Gasteiger partial charge in [-0.05, 0) is 32.9 Å². The van der Waals surface area contributed by atoms with Gasteiger partial charge in [-0.2, -0.15) is 5.09 Å². The topological polar surface area (TPSA) is 184 Å². The van der Waals surface area contributed by atoms with Crippen LogP contribution in [0.4, 0.5) is 0 Å². The molecule has 0 saturated carbocycles. The number of para-hydroxylation sites is 1. The summed E-state index contributed by atoms with van der Waals surface area (Å²) in [6, 6.07) is 7.77. The van der Waals surface area contributed by atoms with Gasteiger partial charge in [-0.25, -0.2) is 9.36 Å². The SMILES string of the molecule is C#C[C@]1(O)C(n2ccc(=O)[nH]c2=O)O[C@H](COP(=O)(N[C@@H](C)C(=O)OC(C)C)Oc2ccccc2)[C@H]1OC(C)=O. The van der Waals surface area contributed by atoms with Crippen LogP contribution in [0.25, 0.3) is 0 Å². The number of benzene rings is 1. The molecule has 6 atom stereocenters. The summed E-state index contributed by atoms with van der Waals surface area (Å²) in [4.78, 5) is 50.3. The van der Waals surface area contributed by atoms with Crippen LogP contribution >= 0.6 is 7.75 Å². The fourth-order valence-corrected chi connectivity index (χ4v) is 5.29. The van der Waals surface area contributed by atoms with Crippen LogP contribution in [-0.4, -0.2) is 63.2 Å². The molecule has 1 aliphatic heterocycles. The largest absolute Gasteiger partial charge is 0.462 e. The monoisotopic (exact) mass is 579 g/mol. The third-order valence-corrected chi connectivity index (χ3v) is 7.16. The van der Waals surface area contributed by atoms with Gasteiger partial charge in [0.25, 0.3) is 5.56 Å². The van der Waals surface area contributed by atoms with Crippen molar-refractivity contribution < 1.29 is 42.5 Å². The maximum Gasteiger partial charge on any atom is 0.459 e. The van der Waals surface area contributed by atoms with Gasteiger partial charge in [0, 0.05) is 19.2 Å². The molecule has 3 N–H and O–H groups in total. The van der Waals surface area contributed by atoms with E-state index in [0.717, 1.165) is 23.8 Å². The van der Waals surface area contributed by atoms with Gasteiger partial charge < -0.3 is 23.8 Å². The first-order valence-electron chi connectivity index (χ1n) is 12.1. The molecular formula is C25H30N3O11P. The lowest BCUT2D eigenvalue weighted by molar-refractivity contribution is -0.157. The zero-order valence-corrected chi connectivity index (χ0v) is 23.0. The Morgan fingerprint density at radius 1 is 1.25 bits per heavy atom. The van der Waals surface area contributed by atoms with Gasteiger partial charge in [-0.15, -0.1) is 6.42 Å². The standard InChI is InChI=1S/C25H30N3O11P/c1-6-25(33)21(37-17(5)29)19(38-23(25)28-13-12-20(30)26-24(28)32)14-35-40(34,39-18-10-8-7-9-11-18)27-16(4)22(31)36-15(2)3/h1,7-13,15-16,19,21,23,33H,14H2,2-5H3,(H,27,34)(H,26,30,32)/t16-,19+,21+,23?,25+,40?/m0/s1. The number of terminal acetylenes is 1. The quantitative estimate of drug-likeness (QED) is 0.194. The molecule has 0 radical (unpaired) electrons. The van der Waals surface area contributed by atoms with Gasteiger partial charge in [-0.1, -0.05) is 24.1 Å². The van der Waals surface area contributed by atoms with Crippen molar-refractivity contribution in [2.75, 3.05) is 6.61 Å². The minimum Gasteiger partial charge on any atom is -0.462 e. The smallest absolute Gasteiger partial charge is 0.459 e. The third-order valence-electron chi connectivity index (χ3n) is 5.51. The molecule has 0 spiro atoms. The number of H-pyrrole nitrogens is 1. The lowest BCUT2D eigenvalue weighted by Crippen LogP contribution is -2.50. The first kappa shape index (κ1) is 30.8. The van der Waals surface area contributed by atoms with E-state index in [2.05, 4.69) is 11.0 Å². The lowest BCUT2D eigenvalue weighted by atomic mass is 9.94. The first-order chi connectivity index (χ1) is 18.8. The molecule has 0 aliphatic carbocycles. The summed E-state index contributed by atoms with van der Waals surface area (Å²) in [5, 5.41) is 13.8. The molecule has 2 heterocycles. The van der Waals surface area contributed by atoms with Crippen LogP contribution in [0.2, 0.25) is 0 Å². The molecule has 2 aromatic rings. The van der Waals surface area contributed by atoms with Crippen molar-refractivity contribution in [3.8, 4) is 18.1 Å². The Balaban J connectivity index is 1.93. The highest BCUT2D eigenvalue weighted by molar-refractivity contribution is 7.52. The molecule has 3 rings (SSSR count). The molecule has 0 bridgehead atoms.